The molecule has 1 saturated carbocycles. The molecule has 1 heterocycles. The first kappa shape index (κ1) is 11.9. The van der Waals surface area contributed by atoms with E-state index in [0.29, 0.717) is 12.6 Å². The Morgan fingerprint density at radius 1 is 1.17 bits per heavy atom. The number of nitrogens with one attached hydrogen (secondary N) is 2. The molecule has 1 aromatic rings. The topological polar surface area (TPSA) is 33.3 Å². The molecule has 3 rings (SSSR count). The number of thiocarbonyl (C=S) groups is 1. The van der Waals surface area contributed by atoms with Gasteiger partial charge in [-0.25, -0.2) is 0 Å². The van der Waals surface area contributed by atoms with Crippen LogP contribution in [0, 0.1) is 0 Å². The van der Waals surface area contributed by atoms with Crippen molar-refractivity contribution >= 4 is 23.0 Å². The van der Waals surface area contributed by atoms with E-state index in [9.17, 15) is 0 Å². The fraction of sp³-hybridized carbons (Fsp3) is 0.500. The fourth-order valence-corrected chi connectivity index (χ4v) is 2.96. The van der Waals surface area contributed by atoms with E-state index < -0.39 is 0 Å². The van der Waals surface area contributed by atoms with Crippen molar-refractivity contribution in [1.82, 2.24) is 5.32 Å². The van der Waals surface area contributed by atoms with Crippen LogP contribution in [0.5, 0.6) is 0 Å². The van der Waals surface area contributed by atoms with Crippen LogP contribution in [0.3, 0.4) is 0 Å². The summed E-state index contributed by atoms with van der Waals surface area (Å²) in [7, 11) is 0. The van der Waals surface area contributed by atoms with Crippen molar-refractivity contribution in [2.24, 2.45) is 0 Å². The zero-order valence-electron chi connectivity index (χ0n) is 10.4. The standard InChI is InChI=1S/C14H18N2OS/c18-14(15-12-3-1-2-4-12)16-13-6-5-10-8-17-9-11(10)7-13/h5-7,12H,1-4,8-9H2,(H2,15,16,18). The van der Waals surface area contributed by atoms with Gasteiger partial charge in [0, 0.05) is 11.7 Å². The second-order valence-electron chi connectivity index (χ2n) is 5.06. The molecule has 1 aliphatic carbocycles. The normalized spacial score (nSPS) is 18.7. The molecule has 0 aromatic heterocycles. The van der Waals surface area contributed by atoms with Gasteiger partial charge in [-0.05, 0) is 48.3 Å². The van der Waals surface area contributed by atoms with Gasteiger partial charge in [-0.3, -0.25) is 0 Å². The monoisotopic (exact) mass is 262 g/mol. The van der Waals surface area contributed by atoms with Crippen LogP contribution in [0.1, 0.15) is 36.8 Å². The molecule has 0 spiro atoms. The van der Waals surface area contributed by atoms with Gasteiger partial charge in [0.2, 0.25) is 0 Å². The van der Waals surface area contributed by atoms with Gasteiger partial charge in [0.15, 0.2) is 5.11 Å². The van der Waals surface area contributed by atoms with Gasteiger partial charge in [-0.1, -0.05) is 18.9 Å². The van der Waals surface area contributed by atoms with Crippen LogP contribution in [-0.2, 0) is 18.0 Å². The lowest BCUT2D eigenvalue weighted by Crippen LogP contribution is -2.35. The number of benzene rings is 1. The highest BCUT2D eigenvalue weighted by atomic mass is 32.1. The zero-order chi connectivity index (χ0) is 12.4. The molecular weight excluding hydrogens is 244 g/mol. The van der Waals surface area contributed by atoms with Crippen LogP contribution in [0.2, 0.25) is 0 Å². The van der Waals surface area contributed by atoms with Gasteiger partial charge in [0.1, 0.15) is 0 Å². The molecule has 0 bridgehead atoms. The number of anilines is 1. The van der Waals surface area contributed by atoms with Crippen LogP contribution in [0.25, 0.3) is 0 Å². The lowest BCUT2D eigenvalue weighted by molar-refractivity contribution is 0.134. The van der Waals surface area contributed by atoms with E-state index in [0.717, 1.165) is 17.4 Å². The first-order valence-electron chi connectivity index (χ1n) is 6.58. The summed E-state index contributed by atoms with van der Waals surface area (Å²) >= 11 is 5.35. The smallest absolute Gasteiger partial charge is 0.170 e. The summed E-state index contributed by atoms with van der Waals surface area (Å²) in [6.07, 6.45) is 5.10. The zero-order valence-corrected chi connectivity index (χ0v) is 11.2. The summed E-state index contributed by atoms with van der Waals surface area (Å²) in [5.41, 5.74) is 3.61. The third-order valence-electron chi connectivity index (χ3n) is 3.67. The number of rotatable bonds is 2. The minimum atomic E-state index is 0.558. The molecule has 0 amide bonds. The Balaban J connectivity index is 1.60. The van der Waals surface area contributed by atoms with E-state index in [1.165, 1.54) is 36.8 Å². The van der Waals surface area contributed by atoms with Crippen LogP contribution >= 0.6 is 12.2 Å². The average molecular weight is 262 g/mol. The predicted octanol–water partition coefficient (Wildman–Crippen LogP) is 2.95. The molecule has 1 aromatic carbocycles. The lowest BCUT2D eigenvalue weighted by Gasteiger charge is -2.16. The summed E-state index contributed by atoms with van der Waals surface area (Å²) in [4.78, 5) is 0. The fourth-order valence-electron chi connectivity index (χ4n) is 2.67. The van der Waals surface area contributed by atoms with E-state index in [-0.39, 0.29) is 0 Å². The molecule has 96 valence electrons. The Morgan fingerprint density at radius 2 is 1.94 bits per heavy atom. The second-order valence-corrected chi connectivity index (χ2v) is 5.46. The second kappa shape index (κ2) is 5.24. The molecule has 2 aliphatic rings. The highest BCUT2D eigenvalue weighted by Gasteiger charge is 2.16. The lowest BCUT2D eigenvalue weighted by atomic mass is 10.1. The molecule has 0 saturated heterocycles. The Morgan fingerprint density at radius 3 is 2.78 bits per heavy atom. The van der Waals surface area contributed by atoms with Crippen molar-refractivity contribution in [3.05, 3.63) is 29.3 Å². The molecule has 3 nitrogen and oxygen atoms in total. The molecule has 18 heavy (non-hydrogen) atoms. The highest BCUT2D eigenvalue weighted by Crippen LogP contribution is 2.23. The molecular formula is C14H18N2OS. The average Bonchev–Trinajstić information content (AvgIpc) is 2.98. The minimum Gasteiger partial charge on any atom is -0.372 e. The summed E-state index contributed by atoms with van der Waals surface area (Å²) in [6.45, 7) is 1.45. The third-order valence-corrected chi connectivity index (χ3v) is 3.89. The highest BCUT2D eigenvalue weighted by molar-refractivity contribution is 7.80. The van der Waals surface area contributed by atoms with Gasteiger partial charge in [0.05, 0.1) is 13.2 Å². The summed E-state index contributed by atoms with van der Waals surface area (Å²) < 4.78 is 5.41. The van der Waals surface area contributed by atoms with Gasteiger partial charge in [0.25, 0.3) is 0 Å². The Kier molecular flexibility index (Phi) is 3.48. The van der Waals surface area contributed by atoms with Crippen molar-refractivity contribution in [3.63, 3.8) is 0 Å². The number of hydrogen-bond acceptors (Lipinski definition) is 2. The SMILES string of the molecule is S=C(Nc1ccc2c(c1)COC2)NC1CCCC1. The molecule has 0 unspecified atom stereocenters. The van der Waals surface area contributed by atoms with E-state index in [2.05, 4.69) is 28.8 Å². The number of fused-ring (bicyclic) bond motifs is 1. The number of hydrogen-bond donors (Lipinski definition) is 2. The van der Waals surface area contributed by atoms with Gasteiger partial charge in [-0.2, -0.15) is 0 Å². The molecule has 2 N–H and O–H groups in total. The van der Waals surface area contributed by atoms with Crippen molar-refractivity contribution in [2.75, 3.05) is 5.32 Å². The molecule has 1 fully saturated rings. The summed E-state index contributed by atoms with van der Waals surface area (Å²) in [5, 5.41) is 7.38. The van der Waals surface area contributed by atoms with Crippen LogP contribution < -0.4 is 10.6 Å². The van der Waals surface area contributed by atoms with E-state index in [1.54, 1.807) is 0 Å². The largest absolute Gasteiger partial charge is 0.372 e. The van der Waals surface area contributed by atoms with Crippen LogP contribution in [0.15, 0.2) is 18.2 Å². The summed E-state index contributed by atoms with van der Waals surface area (Å²) in [5.74, 6) is 0. The van der Waals surface area contributed by atoms with Crippen molar-refractivity contribution < 1.29 is 4.74 Å². The van der Waals surface area contributed by atoms with Crippen molar-refractivity contribution in [1.29, 1.82) is 0 Å². The molecule has 0 radical (unpaired) electrons. The van der Waals surface area contributed by atoms with Gasteiger partial charge < -0.3 is 15.4 Å². The maximum atomic E-state index is 5.41. The Bertz CT molecular complexity index is 455. The van der Waals surface area contributed by atoms with Gasteiger partial charge >= 0.3 is 0 Å². The van der Waals surface area contributed by atoms with Crippen LogP contribution in [0.4, 0.5) is 5.69 Å². The Hall–Kier alpha value is -1.13. The molecule has 0 atom stereocenters. The van der Waals surface area contributed by atoms with Crippen molar-refractivity contribution in [3.8, 4) is 0 Å². The maximum absolute atomic E-state index is 5.41. The van der Waals surface area contributed by atoms with E-state index in [1.807, 2.05) is 0 Å². The van der Waals surface area contributed by atoms with Crippen molar-refractivity contribution in [2.45, 2.75) is 44.9 Å². The molecule has 4 heteroatoms. The van der Waals surface area contributed by atoms with E-state index >= 15 is 0 Å². The summed E-state index contributed by atoms with van der Waals surface area (Å²) in [6, 6.07) is 6.87. The quantitative estimate of drug-likeness (QED) is 0.803. The predicted molar refractivity (Wildman–Crippen MR) is 76.5 cm³/mol. The Labute approximate surface area is 113 Å². The minimum absolute atomic E-state index is 0.558. The molecule has 1 aliphatic heterocycles. The third kappa shape index (κ3) is 2.65. The first-order valence-corrected chi connectivity index (χ1v) is 6.99. The number of ether oxygens (including phenoxy) is 1. The van der Waals surface area contributed by atoms with Gasteiger partial charge in [-0.15, -0.1) is 0 Å². The van der Waals surface area contributed by atoms with E-state index in [4.69, 9.17) is 17.0 Å². The van der Waals surface area contributed by atoms with Crippen LogP contribution in [-0.4, -0.2) is 11.2 Å². The maximum Gasteiger partial charge on any atom is 0.170 e. The first-order chi connectivity index (χ1) is 8.81.